The molecule has 2 aromatic rings. The highest BCUT2D eigenvalue weighted by atomic mass is 16.1. The van der Waals surface area contributed by atoms with Gasteiger partial charge in [-0.3, -0.25) is 4.79 Å². The van der Waals surface area contributed by atoms with Crippen LogP contribution in [0.5, 0.6) is 0 Å². The van der Waals surface area contributed by atoms with E-state index in [4.69, 9.17) is 0 Å². The fraction of sp³-hybridized carbons (Fsp3) is 0.316. The molecule has 3 heteroatoms. The number of amides is 1. The standard InChI is InChI=1S/C19H22N2O/c1-15-4-8-17(9-5-15)20-19(22)14-16-6-10-18(11-7-16)21-12-2-3-13-21/h4-11H,2-3,12-14H2,1H3,(H,20,22). The minimum atomic E-state index is 0.0257. The second kappa shape index (κ2) is 6.65. The zero-order valence-corrected chi connectivity index (χ0v) is 13.0. The Kier molecular flexibility index (Phi) is 4.42. The van der Waals surface area contributed by atoms with Crippen molar-refractivity contribution in [1.82, 2.24) is 0 Å². The maximum absolute atomic E-state index is 12.1. The van der Waals surface area contributed by atoms with Crippen LogP contribution in [0.3, 0.4) is 0 Å². The third-order valence-electron chi connectivity index (χ3n) is 4.11. The Hall–Kier alpha value is -2.29. The van der Waals surface area contributed by atoms with Gasteiger partial charge in [0, 0.05) is 24.5 Å². The van der Waals surface area contributed by atoms with Crippen molar-refractivity contribution in [2.45, 2.75) is 26.2 Å². The van der Waals surface area contributed by atoms with Crippen molar-refractivity contribution in [2.24, 2.45) is 0 Å². The van der Waals surface area contributed by atoms with Gasteiger partial charge in [-0.25, -0.2) is 0 Å². The highest BCUT2D eigenvalue weighted by Crippen LogP contribution is 2.20. The molecule has 0 bridgehead atoms. The van der Waals surface area contributed by atoms with E-state index < -0.39 is 0 Å². The molecule has 1 fully saturated rings. The van der Waals surface area contributed by atoms with Crippen molar-refractivity contribution in [2.75, 3.05) is 23.3 Å². The third kappa shape index (κ3) is 3.67. The van der Waals surface area contributed by atoms with Crippen LogP contribution in [0.15, 0.2) is 48.5 Å². The number of hydrogen-bond donors (Lipinski definition) is 1. The van der Waals surface area contributed by atoms with Crippen molar-refractivity contribution >= 4 is 17.3 Å². The van der Waals surface area contributed by atoms with Crippen molar-refractivity contribution < 1.29 is 4.79 Å². The van der Waals surface area contributed by atoms with Gasteiger partial charge in [-0.15, -0.1) is 0 Å². The number of nitrogens with one attached hydrogen (secondary N) is 1. The summed E-state index contributed by atoms with van der Waals surface area (Å²) in [7, 11) is 0. The summed E-state index contributed by atoms with van der Waals surface area (Å²) in [5.74, 6) is 0.0257. The number of rotatable bonds is 4. The quantitative estimate of drug-likeness (QED) is 0.931. The van der Waals surface area contributed by atoms with Gasteiger partial charge in [0.25, 0.3) is 0 Å². The molecule has 2 aromatic carbocycles. The van der Waals surface area contributed by atoms with E-state index in [0.29, 0.717) is 6.42 Å². The molecular weight excluding hydrogens is 272 g/mol. The predicted molar refractivity (Wildman–Crippen MR) is 91.4 cm³/mol. The number of benzene rings is 2. The minimum absolute atomic E-state index is 0.0257. The molecule has 0 atom stereocenters. The fourth-order valence-electron chi connectivity index (χ4n) is 2.83. The number of carbonyl (C=O) groups excluding carboxylic acids is 1. The van der Waals surface area contributed by atoms with Crippen molar-refractivity contribution in [3.05, 3.63) is 59.7 Å². The van der Waals surface area contributed by atoms with E-state index in [1.54, 1.807) is 0 Å². The van der Waals surface area contributed by atoms with E-state index >= 15 is 0 Å². The lowest BCUT2D eigenvalue weighted by atomic mass is 10.1. The molecule has 1 heterocycles. The number of anilines is 2. The maximum atomic E-state index is 12.1. The topological polar surface area (TPSA) is 32.3 Å². The summed E-state index contributed by atoms with van der Waals surface area (Å²) in [6, 6.07) is 16.2. The van der Waals surface area contributed by atoms with Crippen LogP contribution in [0.1, 0.15) is 24.0 Å². The van der Waals surface area contributed by atoms with E-state index in [-0.39, 0.29) is 5.91 Å². The van der Waals surface area contributed by atoms with E-state index in [1.807, 2.05) is 31.2 Å². The first-order valence-electron chi connectivity index (χ1n) is 7.91. The number of aryl methyl sites for hydroxylation is 1. The SMILES string of the molecule is Cc1ccc(NC(=O)Cc2ccc(N3CCCC3)cc2)cc1. The Morgan fingerprint density at radius 1 is 1.00 bits per heavy atom. The molecule has 0 saturated carbocycles. The van der Waals surface area contributed by atoms with Crippen LogP contribution < -0.4 is 10.2 Å². The van der Waals surface area contributed by atoms with E-state index in [0.717, 1.165) is 24.3 Å². The van der Waals surface area contributed by atoms with Gasteiger partial charge in [0.05, 0.1) is 6.42 Å². The van der Waals surface area contributed by atoms with Crippen LogP contribution in [-0.2, 0) is 11.2 Å². The fourth-order valence-corrected chi connectivity index (χ4v) is 2.83. The van der Waals surface area contributed by atoms with Crippen molar-refractivity contribution in [3.8, 4) is 0 Å². The minimum Gasteiger partial charge on any atom is -0.372 e. The van der Waals surface area contributed by atoms with Gasteiger partial charge in [0.2, 0.25) is 5.91 Å². The molecule has 22 heavy (non-hydrogen) atoms. The average Bonchev–Trinajstić information content (AvgIpc) is 3.05. The summed E-state index contributed by atoms with van der Waals surface area (Å²) in [6.07, 6.45) is 2.97. The predicted octanol–water partition coefficient (Wildman–Crippen LogP) is 3.78. The highest BCUT2D eigenvalue weighted by Gasteiger charge is 2.12. The number of nitrogens with zero attached hydrogens (tertiary/aromatic N) is 1. The van der Waals surface area contributed by atoms with Gasteiger partial charge in [-0.1, -0.05) is 29.8 Å². The van der Waals surface area contributed by atoms with Gasteiger partial charge in [-0.2, -0.15) is 0 Å². The Morgan fingerprint density at radius 2 is 1.64 bits per heavy atom. The smallest absolute Gasteiger partial charge is 0.228 e. The number of hydrogen-bond acceptors (Lipinski definition) is 2. The summed E-state index contributed by atoms with van der Waals surface area (Å²) >= 11 is 0. The first kappa shape index (κ1) is 14.6. The molecule has 0 aliphatic carbocycles. The van der Waals surface area contributed by atoms with Gasteiger partial charge in [-0.05, 0) is 49.6 Å². The van der Waals surface area contributed by atoms with Crippen molar-refractivity contribution in [3.63, 3.8) is 0 Å². The first-order valence-corrected chi connectivity index (χ1v) is 7.91. The second-order valence-corrected chi connectivity index (χ2v) is 5.95. The molecule has 1 N–H and O–H groups in total. The lowest BCUT2D eigenvalue weighted by molar-refractivity contribution is -0.115. The Balaban J connectivity index is 1.57. The molecule has 3 nitrogen and oxygen atoms in total. The van der Waals surface area contributed by atoms with Crippen LogP contribution in [0, 0.1) is 6.92 Å². The Labute approximate surface area is 132 Å². The van der Waals surface area contributed by atoms with E-state index in [9.17, 15) is 4.79 Å². The molecule has 3 rings (SSSR count). The lowest BCUT2D eigenvalue weighted by Gasteiger charge is -2.17. The van der Waals surface area contributed by atoms with Gasteiger partial charge < -0.3 is 10.2 Å². The summed E-state index contributed by atoms with van der Waals surface area (Å²) in [4.78, 5) is 14.5. The largest absolute Gasteiger partial charge is 0.372 e. The van der Waals surface area contributed by atoms with Crippen LogP contribution in [0.2, 0.25) is 0 Å². The molecule has 1 amide bonds. The third-order valence-corrected chi connectivity index (χ3v) is 4.11. The molecule has 1 aliphatic rings. The normalized spacial score (nSPS) is 14.1. The van der Waals surface area contributed by atoms with Crippen LogP contribution >= 0.6 is 0 Å². The molecule has 0 radical (unpaired) electrons. The average molecular weight is 294 g/mol. The van der Waals surface area contributed by atoms with Crippen LogP contribution in [-0.4, -0.2) is 19.0 Å². The molecule has 114 valence electrons. The summed E-state index contributed by atoms with van der Waals surface area (Å²) < 4.78 is 0. The zero-order valence-electron chi connectivity index (χ0n) is 13.0. The van der Waals surface area contributed by atoms with Gasteiger partial charge in [0.15, 0.2) is 0 Å². The molecule has 0 aromatic heterocycles. The summed E-state index contributed by atoms with van der Waals surface area (Å²) in [5.41, 5.74) is 4.35. The zero-order chi connectivity index (χ0) is 15.4. The molecule has 1 aliphatic heterocycles. The lowest BCUT2D eigenvalue weighted by Crippen LogP contribution is -2.17. The van der Waals surface area contributed by atoms with Gasteiger partial charge in [0.1, 0.15) is 0 Å². The highest BCUT2D eigenvalue weighted by molar-refractivity contribution is 5.92. The molecular formula is C19H22N2O. The van der Waals surface area contributed by atoms with Crippen LogP contribution in [0.4, 0.5) is 11.4 Å². The van der Waals surface area contributed by atoms with Gasteiger partial charge >= 0.3 is 0 Å². The Morgan fingerprint density at radius 3 is 2.27 bits per heavy atom. The summed E-state index contributed by atoms with van der Waals surface area (Å²) in [6.45, 7) is 4.33. The molecule has 1 saturated heterocycles. The monoisotopic (exact) mass is 294 g/mol. The maximum Gasteiger partial charge on any atom is 0.228 e. The Bertz CT molecular complexity index is 625. The van der Waals surface area contributed by atoms with E-state index in [2.05, 4.69) is 34.5 Å². The molecule has 0 unspecified atom stereocenters. The number of carbonyl (C=O) groups is 1. The van der Waals surface area contributed by atoms with E-state index in [1.165, 1.54) is 24.1 Å². The van der Waals surface area contributed by atoms with Crippen molar-refractivity contribution in [1.29, 1.82) is 0 Å². The summed E-state index contributed by atoms with van der Waals surface area (Å²) in [5, 5.41) is 2.94. The van der Waals surface area contributed by atoms with Crippen LogP contribution in [0.25, 0.3) is 0 Å². The second-order valence-electron chi connectivity index (χ2n) is 5.95. The molecule has 0 spiro atoms. The first-order chi connectivity index (χ1) is 10.7.